The highest BCUT2D eigenvalue weighted by molar-refractivity contribution is 6.03. The Morgan fingerprint density at radius 1 is 1.25 bits per heavy atom. The second-order valence-corrected chi connectivity index (χ2v) is 4.55. The molecule has 20 heavy (non-hydrogen) atoms. The van der Waals surface area contributed by atoms with E-state index < -0.39 is 18.2 Å². The highest BCUT2D eigenvalue weighted by Gasteiger charge is 2.31. The largest absolute Gasteiger partial charge is 0.491 e. The van der Waals surface area contributed by atoms with Crippen LogP contribution < -0.4 is 4.74 Å². The number of hydrogen-bond acceptors (Lipinski definition) is 6. The number of aryl methyl sites for hydroxylation is 1. The van der Waals surface area contributed by atoms with Gasteiger partial charge in [0.15, 0.2) is 0 Å². The zero-order valence-corrected chi connectivity index (χ0v) is 11.6. The van der Waals surface area contributed by atoms with E-state index in [9.17, 15) is 20.1 Å². The molecule has 1 aromatic carbocycles. The standard InChI is InChI=1S/C14H20O6/c1-3-9-6-11(20-5-4-15)7-10(8-16)12(9)13(17)14(2,18)19/h6-7,15-16,18-19H,3-5,8H2,1-2H3. The molecule has 0 amide bonds. The monoisotopic (exact) mass is 284 g/mol. The maximum Gasteiger partial charge on any atom is 0.225 e. The molecule has 0 saturated carbocycles. The predicted molar refractivity (Wildman–Crippen MR) is 71.5 cm³/mol. The molecule has 0 radical (unpaired) electrons. The molecule has 1 aromatic rings. The quantitative estimate of drug-likeness (QED) is 0.414. The van der Waals surface area contributed by atoms with Crippen LogP contribution in [0.5, 0.6) is 5.75 Å². The van der Waals surface area contributed by atoms with Crippen molar-refractivity contribution in [3.05, 3.63) is 28.8 Å². The van der Waals surface area contributed by atoms with Crippen molar-refractivity contribution < 1.29 is 30.0 Å². The Morgan fingerprint density at radius 2 is 1.85 bits per heavy atom. The lowest BCUT2D eigenvalue weighted by Gasteiger charge is -2.20. The van der Waals surface area contributed by atoms with E-state index in [0.717, 1.165) is 6.92 Å². The average Bonchev–Trinajstić information content (AvgIpc) is 2.41. The van der Waals surface area contributed by atoms with Crippen LogP contribution in [0.1, 0.15) is 35.3 Å². The number of benzene rings is 1. The summed E-state index contributed by atoms with van der Waals surface area (Å²) >= 11 is 0. The van der Waals surface area contributed by atoms with Gasteiger partial charge in [-0.05, 0) is 36.6 Å². The number of Topliss-reactive ketones (excluding diaryl/α,β-unsaturated/α-hetero) is 1. The summed E-state index contributed by atoms with van der Waals surface area (Å²) in [6.07, 6.45) is 0.459. The average molecular weight is 284 g/mol. The van der Waals surface area contributed by atoms with E-state index in [1.807, 2.05) is 0 Å². The fourth-order valence-corrected chi connectivity index (χ4v) is 1.91. The van der Waals surface area contributed by atoms with E-state index in [1.165, 1.54) is 6.07 Å². The lowest BCUT2D eigenvalue weighted by Crippen LogP contribution is -2.36. The molecule has 0 saturated heterocycles. The van der Waals surface area contributed by atoms with Crippen LogP contribution >= 0.6 is 0 Å². The third-order valence-corrected chi connectivity index (χ3v) is 2.84. The molecule has 6 heteroatoms. The SMILES string of the molecule is CCc1cc(OCCO)cc(CO)c1C(=O)C(C)(O)O. The summed E-state index contributed by atoms with van der Waals surface area (Å²) in [5.41, 5.74) is 0.902. The van der Waals surface area contributed by atoms with E-state index in [1.54, 1.807) is 13.0 Å². The summed E-state index contributed by atoms with van der Waals surface area (Å²) in [5, 5.41) is 37.0. The first kappa shape index (κ1) is 16.6. The van der Waals surface area contributed by atoms with E-state index >= 15 is 0 Å². The first-order chi connectivity index (χ1) is 9.35. The Morgan fingerprint density at radius 3 is 2.30 bits per heavy atom. The van der Waals surface area contributed by atoms with E-state index in [4.69, 9.17) is 9.84 Å². The summed E-state index contributed by atoms with van der Waals surface area (Å²) in [4.78, 5) is 12.1. The molecule has 0 aliphatic rings. The van der Waals surface area contributed by atoms with Gasteiger partial charge < -0.3 is 25.2 Å². The van der Waals surface area contributed by atoms with Gasteiger partial charge in [-0.2, -0.15) is 0 Å². The second-order valence-electron chi connectivity index (χ2n) is 4.55. The molecule has 0 spiro atoms. The molecule has 0 aliphatic heterocycles. The fraction of sp³-hybridized carbons (Fsp3) is 0.500. The van der Waals surface area contributed by atoms with Gasteiger partial charge in [0, 0.05) is 5.56 Å². The highest BCUT2D eigenvalue weighted by Crippen LogP contribution is 2.26. The van der Waals surface area contributed by atoms with Crippen LogP contribution in [0.15, 0.2) is 12.1 Å². The molecule has 0 unspecified atom stereocenters. The Labute approximate surface area is 117 Å². The van der Waals surface area contributed by atoms with Gasteiger partial charge in [0.1, 0.15) is 12.4 Å². The summed E-state index contributed by atoms with van der Waals surface area (Å²) in [5.74, 6) is -2.96. The van der Waals surface area contributed by atoms with Crippen LogP contribution in [-0.4, -0.2) is 45.2 Å². The number of carbonyl (C=O) groups is 1. The number of hydrogen-bond donors (Lipinski definition) is 4. The number of aliphatic hydroxyl groups excluding tert-OH is 2. The lowest BCUT2D eigenvalue weighted by atomic mass is 9.92. The third kappa shape index (κ3) is 3.77. The Kier molecular flexibility index (Phi) is 5.64. The van der Waals surface area contributed by atoms with E-state index in [2.05, 4.69) is 0 Å². The van der Waals surface area contributed by atoms with Gasteiger partial charge in [-0.15, -0.1) is 0 Å². The van der Waals surface area contributed by atoms with E-state index in [-0.39, 0.29) is 24.3 Å². The van der Waals surface area contributed by atoms with Crippen LogP contribution in [0.25, 0.3) is 0 Å². The van der Waals surface area contributed by atoms with Crippen molar-refractivity contribution in [3.63, 3.8) is 0 Å². The predicted octanol–water partition coefficient (Wildman–Crippen LogP) is -0.00410. The maximum atomic E-state index is 12.1. The molecule has 0 aromatic heterocycles. The van der Waals surface area contributed by atoms with E-state index in [0.29, 0.717) is 17.7 Å². The number of aliphatic hydroxyl groups is 4. The van der Waals surface area contributed by atoms with Crippen molar-refractivity contribution in [1.82, 2.24) is 0 Å². The minimum Gasteiger partial charge on any atom is -0.491 e. The van der Waals surface area contributed by atoms with Gasteiger partial charge in [0.25, 0.3) is 0 Å². The van der Waals surface area contributed by atoms with Crippen LogP contribution in [0.2, 0.25) is 0 Å². The van der Waals surface area contributed by atoms with Crippen molar-refractivity contribution in [1.29, 1.82) is 0 Å². The van der Waals surface area contributed by atoms with Crippen molar-refractivity contribution in [2.45, 2.75) is 32.7 Å². The van der Waals surface area contributed by atoms with Gasteiger partial charge >= 0.3 is 0 Å². The van der Waals surface area contributed by atoms with Gasteiger partial charge in [0.2, 0.25) is 11.6 Å². The van der Waals surface area contributed by atoms with Crippen molar-refractivity contribution in [3.8, 4) is 5.75 Å². The minimum absolute atomic E-state index is 0.0962. The topological polar surface area (TPSA) is 107 Å². The first-order valence-electron chi connectivity index (χ1n) is 6.35. The Bertz CT molecular complexity index is 450. The normalized spacial score (nSPS) is 11.5. The smallest absolute Gasteiger partial charge is 0.225 e. The minimum atomic E-state index is -2.50. The van der Waals surface area contributed by atoms with Crippen molar-refractivity contribution in [2.75, 3.05) is 13.2 Å². The molecular weight excluding hydrogens is 264 g/mol. The second kappa shape index (κ2) is 6.81. The number of rotatable bonds is 7. The summed E-state index contributed by atoms with van der Waals surface area (Å²) in [6.45, 7) is 2.29. The van der Waals surface area contributed by atoms with Crippen LogP contribution in [0.4, 0.5) is 0 Å². The molecule has 112 valence electrons. The van der Waals surface area contributed by atoms with Crippen LogP contribution in [0.3, 0.4) is 0 Å². The highest BCUT2D eigenvalue weighted by atomic mass is 16.5. The molecule has 0 aliphatic carbocycles. The van der Waals surface area contributed by atoms with Crippen LogP contribution in [0, 0.1) is 0 Å². The molecule has 4 N–H and O–H groups in total. The molecule has 0 atom stereocenters. The third-order valence-electron chi connectivity index (χ3n) is 2.84. The Hall–Kier alpha value is -1.47. The molecule has 6 nitrogen and oxygen atoms in total. The summed E-state index contributed by atoms with van der Waals surface area (Å²) in [7, 11) is 0. The van der Waals surface area contributed by atoms with Crippen molar-refractivity contribution >= 4 is 5.78 Å². The van der Waals surface area contributed by atoms with Gasteiger partial charge in [-0.1, -0.05) is 6.92 Å². The number of ether oxygens (including phenoxy) is 1. The lowest BCUT2D eigenvalue weighted by molar-refractivity contribution is -0.106. The number of carbonyl (C=O) groups excluding carboxylic acids is 1. The van der Waals surface area contributed by atoms with Gasteiger partial charge in [0.05, 0.1) is 13.2 Å². The number of ketones is 1. The summed E-state index contributed by atoms with van der Waals surface area (Å²) in [6, 6.07) is 3.04. The maximum absolute atomic E-state index is 12.1. The molecule has 0 bridgehead atoms. The molecular formula is C14H20O6. The molecule has 1 rings (SSSR count). The zero-order valence-electron chi connectivity index (χ0n) is 11.6. The molecule has 0 fully saturated rings. The van der Waals surface area contributed by atoms with Gasteiger partial charge in [-0.25, -0.2) is 0 Å². The first-order valence-corrected chi connectivity index (χ1v) is 6.35. The molecule has 0 heterocycles. The summed E-state index contributed by atoms with van der Waals surface area (Å²) < 4.78 is 5.26. The Balaban J connectivity index is 3.32. The van der Waals surface area contributed by atoms with Crippen LogP contribution in [-0.2, 0) is 13.0 Å². The zero-order chi connectivity index (χ0) is 15.3. The fourth-order valence-electron chi connectivity index (χ4n) is 1.91. The van der Waals surface area contributed by atoms with Crippen molar-refractivity contribution in [2.24, 2.45) is 0 Å². The van der Waals surface area contributed by atoms with Gasteiger partial charge in [-0.3, -0.25) is 4.79 Å².